The van der Waals surface area contributed by atoms with Crippen LogP contribution in [0.5, 0.6) is 0 Å². The first-order chi connectivity index (χ1) is 9.45. The summed E-state index contributed by atoms with van der Waals surface area (Å²) in [6.07, 6.45) is -0.686. The van der Waals surface area contributed by atoms with Crippen molar-refractivity contribution in [1.29, 1.82) is 0 Å². The van der Waals surface area contributed by atoms with E-state index >= 15 is 0 Å². The van der Waals surface area contributed by atoms with Gasteiger partial charge in [-0.05, 0) is 24.0 Å². The van der Waals surface area contributed by atoms with Gasteiger partial charge in [-0.1, -0.05) is 31.2 Å². The molecule has 5 nitrogen and oxygen atoms in total. The van der Waals surface area contributed by atoms with E-state index in [1.807, 2.05) is 38.1 Å². The number of methoxy groups -OCH3 is 1. The van der Waals surface area contributed by atoms with Crippen LogP contribution in [0.4, 0.5) is 0 Å². The van der Waals surface area contributed by atoms with E-state index in [-0.39, 0.29) is 18.4 Å². The van der Waals surface area contributed by atoms with Crippen molar-refractivity contribution < 1.29 is 19.4 Å². The van der Waals surface area contributed by atoms with Gasteiger partial charge in [-0.15, -0.1) is 0 Å². The summed E-state index contributed by atoms with van der Waals surface area (Å²) in [7, 11) is 1.31. The van der Waals surface area contributed by atoms with E-state index in [4.69, 9.17) is 9.84 Å². The number of aryl methyl sites for hydroxylation is 1. The van der Waals surface area contributed by atoms with Crippen molar-refractivity contribution in [2.45, 2.75) is 32.3 Å². The fourth-order valence-electron chi connectivity index (χ4n) is 2.08. The number of hydrogen-bond donors (Lipinski definition) is 2. The molecule has 2 unspecified atom stereocenters. The minimum atomic E-state index is -1.08. The van der Waals surface area contributed by atoms with Crippen LogP contribution in [0.1, 0.15) is 30.4 Å². The molecular weight excluding hydrogens is 258 g/mol. The molecule has 0 spiro atoms. The van der Waals surface area contributed by atoms with Gasteiger partial charge in [0.2, 0.25) is 5.91 Å². The number of rotatable bonds is 7. The molecule has 0 bridgehead atoms. The maximum atomic E-state index is 11.8. The number of carbonyl (C=O) groups is 2. The standard InChI is InChI=1S/C15H21NO4/c1-10-6-4-5-7-12(10)11(2)8-14(17)16-9-13(20-3)15(18)19/h4-7,11,13H,8-9H2,1-3H3,(H,16,17)(H,18,19). The number of aliphatic carboxylic acids is 1. The summed E-state index contributed by atoms with van der Waals surface area (Å²) in [4.78, 5) is 22.6. The van der Waals surface area contributed by atoms with E-state index < -0.39 is 12.1 Å². The Labute approximate surface area is 118 Å². The van der Waals surface area contributed by atoms with E-state index in [0.717, 1.165) is 11.1 Å². The van der Waals surface area contributed by atoms with Crippen LogP contribution < -0.4 is 5.32 Å². The highest BCUT2D eigenvalue weighted by Gasteiger charge is 2.18. The lowest BCUT2D eigenvalue weighted by atomic mass is 9.93. The quantitative estimate of drug-likeness (QED) is 0.796. The summed E-state index contributed by atoms with van der Waals surface area (Å²) in [6, 6.07) is 7.92. The van der Waals surface area contributed by atoms with Crippen LogP contribution in [0.25, 0.3) is 0 Å². The molecule has 110 valence electrons. The van der Waals surface area contributed by atoms with Gasteiger partial charge in [0.25, 0.3) is 0 Å². The highest BCUT2D eigenvalue weighted by Crippen LogP contribution is 2.22. The summed E-state index contributed by atoms with van der Waals surface area (Å²) < 4.78 is 4.76. The van der Waals surface area contributed by atoms with Crippen LogP contribution >= 0.6 is 0 Å². The van der Waals surface area contributed by atoms with Gasteiger partial charge in [0.1, 0.15) is 0 Å². The number of carbonyl (C=O) groups excluding carboxylic acids is 1. The second-order valence-electron chi connectivity index (χ2n) is 4.83. The van der Waals surface area contributed by atoms with Crippen molar-refractivity contribution in [3.8, 4) is 0 Å². The molecule has 1 aromatic rings. The molecule has 0 aliphatic heterocycles. The average molecular weight is 279 g/mol. The average Bonchev–Trinajstić information content (AvgIpc) is 2.39. The molecule has 1 amide bonds. The van der Waals surface area contributed by atoms with Crippen LogP contribution in [-0.2, 0) is 14.3 Å². The van der Waals surface area contributed by atoms with Gasteiger partial charge in [-0.2, -0.15) is 0 Å². The van der Waals surface area contributed by atoms with E-state index in [1.165, 1.54) is 7.11 Å². The van der Waals surface area contributed by atoms with Crippen molar-refractivity contribution in [2.24, 2.45) is 0 Å². The van der Waals surface area contributed by atoms with E-state index in [2.05, 4.69) is 5.32 Å². The normalized spacial score (nSPS) is 13.6. The molecule has 0 fully saturated rings. The number of carboxylic acid groups (broad SMARTS) is 1. The fraction of sp³-hybridized carbons (Fsp3) is 0.467. The van der Waals surface area contributed by atoms with Crippen molar-refractivity contribution in [3.63, 3.8) is 0 Å². The fourth-order valence-corrected chi connectivity index (χ4v) is 2.08. The van der Waals surface area contributed by atoms with E-state index in [1.54, 1.807) is 0 Å². The monoisotopic (exact) mass is 279 g/mol. The third-order valence-electron chi connectivity index (χ3n) is 3.26. The Kier molecular flexibility index (Phi) is 6.18. The van der Waals surface area contributed by atoms with E-state index in [9.17, 15) is 9.59 Å². The lowest BCUT2D eigenvalue weighted by Gasteiger charge is -2.16. The smallest absolute Gasteiger partial charge is 0.334 e. The SMILES string of the molecule is COC(CNC(=O)CC(C)c1ccccc1C)C(=O)O. The highest BCUT2D eigenvalue weighted by molar-refractivity contribution is 5.78. The van der Waals surface area contributed by atoms with Crippen LogP contribution in [0.15, 0.2) is 24.3 Å². The second kappa shape index (κ2) is 7.65. The van der Waals surface area contributed by atoms with Gasteiger partial charge < -0.3 is 15.2 Å². The number of amides is 1. The van der Waals surface area contributed by atoms with Crippen molar-refractivity contribution >= 4 is 11.9 Å². The van der Waals surface area contributed by atoms with Crippen LogP contribution in [-0.4, -0.2) is 36.7 Å². The highest BCUT2D eigenvalue weighted by atomic mass is 16.5. The number of hydrogen-bond acceptors (Lipinski definition) is 3. The first kappa shape index (κ1) is 16.2. The third-order valence-corrected chi connectivity index (χ3v) is 3.26. The number of carboxylic acids is 1. The Morgan fingerprint density at radius 1 is 1.35 bits per heavy atom. The largest absolute Gasteiger partial charge is 0.479 e. The lowest BCUT2D eigenvalue weighted by molar-refractivity contribution is -0.148. The molecule has 2 N–H and O–H groups in total. The topological polar surface area (TPSA) is 75.6 Å². The number of ether oxygens (including phenoxy) is 1. The molecule has 0 aliphatic carbocycles. The molecule has 2 atom stereocenters. The summed E-state index contributed by atoms with van der Waals surface area (Å²) in [6.45, 7) is 3.97. The van der Waals surface area contributed by atoms with Gasteiger partial charge in [0.05, 0.1) is 6.54 Å². The van der Waals surface area contributed by atoms with Gasteiger partial charge >= 0.3 is 5.97 Å². The molecule has 0 radical (unpaired) electrons. The minimum absolute atomic E-state index is 0.0227. The molecule has 0 saturated heterocycles. The molecule has 1 rings (SSSR count). The van der Waals surface area contributed by atoms with E-state index in [0.29, 0.717) is 6.42 Å². The maximum Gasteiger partial charge on any atom is 0.334 e. The molecule has 0 aliphatic rings. The summed E-state index contributed by atoms with van der Waals surface area (Å²) in [5.74, 6) is -1.18. The Balaban J connectivity index is 2.50. The summed E-state index contributed by atoms with van der Waals surface area (Å²) in [5, 5.41) is 11.4. The molecular formula is C15H21NO4. The third kappa shape index (κ3) is 4.66. The molecule has 20 heavy (non-hydrogen) atoms. The Morgan fingerprint density at radius 2 is 2.00 bits per heavy atom. The number of benzene rings is 1. The first-order valence-electron chi connectivity index (χ1n) is 6.53. The van der Waals surface area contributed by atoms with Crippen LogP contribution in [0.2, 0.25) is 0 Å². The molecule has 0 heterocycles. The minimum Gasteiger partial charge on any atom is -0.479 e. The predicted octanol–water partition coefficient (Wildman–Crippen LogP) is 1.70. The van der Waals surface area contributed by atoms with Crippen molar-refractivity contribution in [2.75, 3.05) is 13.7 Å². The predicted molar refractivity (Wildman–Crippen MR) is 75.7 cm³/mol. The molecule has 5 heteroatoms. The van der Waals surface area contributed by atoms with Crippen LogP contribution in [0, 0.1) is 6.92 Å². The Bertz CT molecular complexity index is 473. The van der Waals surface area contributed by atoms with Gasteiger partial charge in [-0.3, -0.25) is 4.79 Å². The lowest BCUT2D eigenvalue weighted by Crippen LogP contribution is -2.38. The molecule has 0 aromatic heterocycles. The second-order valence-corrected chi connectivity index (χ2v) is 4.83. The zero-order chi connectivity index (χ0) is 15.1. The zero-order valence-electron chi connectivity index (χ0n) is 12.1. The van der Waals surface area contributed by atoms with Crippen molar-refractivity contribution in [3.05, 3.63) is 35.4 Å². The molecule has 0 saturated carbocycles. The van der Waals surface area contributed by atoms with Gasteiger partial charge in [-0.25, -0.2) is 4.79 Å². The summed E-state index contributed by atoms with van der Waals surface area (Å²) in [5.41, 5.74) is 2.28. The number of nitrogens with one attached hydrogen (secondary N) is 1. The molecule has 1 aromatic carbocycles. The Morgan fingerprint density at radius 3 is 2.55 bits per heavy atom. The van der Waals surface area contributed by atoms with Gasteiger partial charge in [0, 0.05) is 13.5 Å². The first-order valence-corrected chi connectivity index (χ1v) is 6.53. The Hall–Kier alpha value is -1.88. The van der Waals surface area contributed by atoms with Gasteiger partial charge in [0.15, 0.2) is 6.10 Å². The zero-order valence-corrected chi connectivity index (χ0v) is 12.1. The van der Waals surface area contributed by atoms with Crippen molar-refractivity contribution in [1.82, 2.24) is 5.32 Å². The van der Waals surface area contributed by atoms with Crippen LogP contribution in [0.3, 0.4) is 0 Å². The maximum absolute atomic E-state index is 11.8. The summed E-state index contributed by atoms with van der Waals surface area (Å²) >= 11 is 0.